The molecule has 2 nitrogen and oxygen atoms in total. The molecule has 0 saturated heterocycles. The first-order valence-electron chi connectivity index (χ1n) is 5.45. The lowest BCUT2D eigenvalue weighted by Crippen LogP contribution is -2.15. The molecule has 0 aliphatic rings. The summed E-state index contributed by atoms with van der Waals surface area (Å²) in [6.45, 7) is 4.07. The fourth-order valence-electron chi connectivity index (χ4n) is 1.79. The highest BCUT2D eigenvalue weighted by atomic mass is 32.1. The summed E-state index contributed by atoms with van der Waals surface area (Å²) in [4.78, 5) is 12.3. The van der Waals surface area contributed by atoms with E-state index in [1.165, 1.54) is 4.88 Å². The Labute approximate surface area is 94.9 Å². The van der Waals surface area contributed by atoms with Crippen LogP contribution in [0.5, 0.6) is 0 Å². The number of rotatable bonds is 6. The summed E-state index contributed by atoms with van der Waals surface area (Å²) in [5.41, 5.74) is 0. The van der Waals surface area contributed by atoms with Crippen LogP contribution in [-0.2, 0) is 4.79 Å². The Kier molecular flexibility index (Phi) is 4.82. The molecule has 0 spiro atoms. The van der Waals surface area contributed by atoms with Crippen LogP contribution in [0.2, 0.25) is 0 Å². The summed E-state index contributed by atoms with van der Waals surface area (Å²) in [5.74, 6) is -0.449. The van der Waals surface area contributed by atoms with Gasteiger partial charge in [0, 0.05) is 4.88 Å². The lowest BCUT2D eigenvalue weighted by atomic mass is 9.90. The molecular formula is C12H18O2S. The number of carboxylic acids is 1. The maximum absolute atomic E-state index is 11.0. The zero-order chi connectivity index (χ0) is 11.3. The largest absolute Gasteiger partial charge is 0.481 e. The van der Waals surface area contributed by atoms with E-state index in [9.17, 15) is 4.79 Å². The van der Waals surface area contributed by atoms with Gasteiger partial charge in [0.1, 0.15) is 0 Å². The van der Waals surface area contributed by atoms with Gasteiger partial charge in [-0.05, 0) is 36.6 Å². The second kappa shape index (κ2) is 5.91. The second-order valence-corrected chi connectivity index (χ2v) is 4.78. The zero-order valence-corrected chi connectivity index (χ0v) is 10.1. The van der Waals surface area contributed by atoms with Gasteiger partial charge in [-0.15, -0.1) is 11.3 Å². The molecule has 0 bridgehead atoms. The van der Waals surface area contributed by atoms with Gasteiger partial charge in [-0.25, -0.2) is 0 Å². The van der Waals surface area contributed by atoms with Crippen molar-refractivity contribution in [1.82, 2.24) is 0 Å². The van der Waals surface area contributed by atoms with Gasteiger partial charge in [-0.1, -0.05) is 19.9 Å². The van der Waals surface area contributed by atoms with Gasteiger partial charge >= 0.3 is 5.97 Å². The minimum absolute atomic E-state index is 0.197. The van der Waals surface area contributed by atoms with Crippen LogP contribution in [0.15, 0.2) is 17.5 Å². The van der Waals surface area contributed by atoms with E-state index >= 15 is 0 Å². The molecule has 0 amide bonds. The van der Waals surface area contributed by atoms with Crippen LogP contribution in [0.4, 0.5) is 0 Å². The molecule has 84 valence electrons. The fraction of sp³-hybridized carbons (Fsp3) is 0.583. The van der Waals surface area contributed by atoms with Crippen molar-refractivity contribution in [3.8, 4) is 0 Å². The van der Waals surface area contributed by atoms with Crippen LogP contribution in [0, 0.1) is 5.92 Å². The van der Waals surface area contributed by atoms with Gasteiger partial charge in [-0.2, -0.15) is 0 Å². The molecule has 0 aromatic carbocycles. The molecule has 1 rings (SSSR count). The second-order valence-electron chi connectivity index (χ2n) is 3.80. The van der Waals surface area contributed by atoms with Gasteiger partial charge in [-0.3, -0.25) is 4.79 Å². The summed E-state index contributed by atoms with van der Waals surface area (Å²) in [7, 11) is 0. The Bertz CT molecular complexity index is 293. The third-order valence-electron chi connectivity index (χ3n) is 2.85. The predicted octanol–water partition coefficient (Wildman–Crippen LogP) is 3.74. The Hall–Kier alpha value is -0.830. The summed E-state index contributed by atoms with van der Waals surface area (Å²) >= 11 is 1.73. The summed E-state index contributed by atoms with van der Waals surface area (Å²) in [5, 5.41) is 11.1. The van der Waals surface area contributed by atoms with Gasteiger partial charge in [0.2, 0.25) is 0 Å². The minimum atomic E-state index is -0.660. The number of thiophene rings is 1. The average Bonchev–Trinajstić information content (AvgIpc) is 2.72. The van der Waals surface area contributed by atoms with E-state index in [1.807, 2.05) is 13.0 Å². The van der Waals surface area contributed by atoms with Crippen molar-refractivity contribution in [2.45, 2.75) is 39.0 Å². The first-order chi connectivity index (χ1) is 7.19. The van der Waals surface area contributed by atoms with Crippen molar-refractivity contribution in [2.24, 2.45) is 5.92 Å². The summed E-state index contributed by atoms with van der Waals surface area (Å²) in [6, 6.07) is 4.14. The van der Waals surface area contributed by atoms with Crippen LogP contribution in [0.1, 0.15) is 43.9 Å². The smallest absolute Gasteiger partial charge is 0.306 e. The Morgan fingerprint density at radius 3 is 2.60 bits per heavy atom. The molecule has 1 N–H and O–H groups in total. The van der Waals surface area contributed by atoms with Gasteiger partial charge < -0.3 is 5.11 Å². The number of carbonyl (C=O) groups is 1. The van der Waals surface area contributed by atoms with E-state index in [0.717, 1.165) is 19.3 Å². The third kappa shape index (κ3) is 3.34. The Morgan fingerprint density at radius 2 is 2.20 bits per heavy atom. The zero-order valence-electron chi connectivity index (χ0n) is 9.27. The van der Waals surface area contributed by atoms with Crippen molar-refractivity contribution in [3.63, 3.8) is 0 Å². The molecule has 1 aromatic heterocycles. The topological polar surface area (TPSA) is 37.3 Å². The molecule has 3 heteroatoms. The lowest BCUT2D eigenvalue weighted by molar-refractivity contribution is -0.142. The van der Waals surface area contributed by atoms with E-state index in [4.69, 9.17) is 5.11 Å². The standard InChI is InChI=1S/C12H18O2S/c1-3-9(11-6-5-7-15-11)8-10(4-2)12(13)14/h5-7,9-10H,3-4,8H2,1-2H3,(H,13,14). The maximum Gasteiger partial charge on any atom is 0.306 e. The van der Waals surface area contributed by atoms with Crippen LogP contribution < -0.4 is 0 Å². The third-order valence-corrected chi connectivity index (χ3v) is 3.88. The van der Waals surface area contributed by atoms with Crippen LogP contribution in [0.25, 0.3) is 0 Å². The van der Waals surface area contributed by atoms with E-state index in [0.29, 0.717) is 5.92 Å². The van der Waals surface area contributed by atoms with Crippen molar-refractivity contribution < 1.29 is 9.90 Å². The SMILES string of the molecule is CCC(CC(CC)c1cccs1)C(=O)O. The molecule has 0 radical (unpaired) electrons. The highest BCUT2D eigenvalue weighted by Crippen LogP contribution is 2.31. The molecule has 15 heavy (non-hydrogen) atoms. The first kappa shape index (κ1) is 12.2. The van der Waals surface area contributed by atoms with Crippen LogP contribution in [-0.4, -0.2) is 11.1 Å². The van der Waals surface area contributed by atoms with Gasteiger partial charge in [0.05, 0.1) is 5.92 Å². The average molecular weight is 226 g/mol. The van der Waals surface area contributed by atoms with Crippen molar-refractivity contribution in [3.05, 3.63) is 22.4 Å². The first-order valence-corrected chi connectivity index (χ1v) is 6.33. The normalized spacial score (nSPS) is 14.8. The predicted molar refractivity (Wildman–Crippen MR) is 63.4 cm³/mol. The van der Waals surface area contributed by atoms with Gasteiger partial charge in [0.25, 0.3) is 0 Å². The highest BCUT2D eigenvalue weighted by Gasteiger charge is 2.21. The van der Waals surface area contributed by atoms with Crippen molar-refractivity contribution in [1.29, 1.82) is 0 Å². The lowest BCUT2D eigenvalue weighted by Gasteiger charge is -2.17. The summed E-state index contributed by atoms with van der Waals surface area (Å²) < 4.78 is 0. The molecular weight excluding hydrogens is 208 g/mol. The minimum Gasteiger partial charge on any atom is -0.481 e. The van der Waals surface area contributed by atoms with Crippen molar-refractivity contribution >= 4 is 17.3 Å². The van der Waals surface area contributed by atoms with Crippen LogP contribution in [0.3, 0.4) is 0 Å². The molecule has 1 heterocycles. The van der Waals surface area contributed by atoms with E-state index in [1.54, 1.807) is 11.3 Å². The number of aliphatic carboxylic acids is 1. The van der Waals surface area contributed by atoms with E-state index in [2.05, 4.69) is 18.4 Å². The van der Waals surface area contributed by atoms with E-state index < -0.39 is 5.97 Å². The molecule has 0 fully saturated rings. The van der Waals surface area contributed by atoms with E-state index in [-0.39, 0.29) is 5.92 Å². The highest BCUT2D eigenvalue weighted by molar-refractivity contribution is 7.10. The molecule has 1 aromatic rings. The Morgan fingerprint density at radius 1 is 1.47 bits per heavy atom. The Balaban J connectivity index is 2.64. The molecule has 2 atom stereocenters. The van der Waals surface area contributed by atoms with Crippen molar-refractivity contribution in [2.75, 3.05) is 0 Å². The maximum atomic E-state index is 11.0. The van der Waals surface area contributed by atoms with Gasteiger partial charge in [0.15, 0.2) is 0 Å². The monoisotopic (exact) mass is 226 g/mol. The molecule has 0 aliphatic heterocycles. The van der Waals surface area contributed by atoms with Crippen LogP contribution >= 0.6 is 11.3 Å². The number of hydrogen-bond donors (Lipinski definition) is 1. The quantitative estimate of drug-likeness (QED) is 0.802. The summed E-state index contributed by atoms with van der Waals surface area (Å²) in [6.07, 6.45) is 2.50. The number of carboxylic acid groups (broad SMARTS) is 1. The molecule has 2 unspecified atom stereocenters. The molecule has 0 aliphatic carbocycles. The number of hydrogen-bond acceptors (Lipinski definition) is 2. The molecule has 0 saturated carbocycles. The fourth-order valence-corrected chi connectivity index (χ4v) is 2.72.